The van der Waals surface area contributed by atoms with Gasteiger partial charge in [-0.05, 0) is 59.5 Å². The van der Waals surface area contributed by atoms with Crippen molar-refractivity contribution < 1.29 is 13.6 Å². The third kappa shape index (κ3) is 3.61. The van der Waals surface area contributed by atoms with E-state index >= 15 is 4.39 Å². The molecule has 0 aliphatic carbocycles. The van der Waals surface area contributed by atoms with Crippen molar-refractivity contribution in [2.24, 2.45) is 0 Å². The number of nitrogens with one attached hydrogen (secondary N) is 1. The second-order valence-electron chi connectivity index (χ2n) is 8.63. The number of nitrogens with two attached hydrogens (primary N) is 1. The van der Waals surface area contributed by atoms with E-state index in [1.807, 2.05) is 0 Å². The van der Waals surface area contributed by atoms with Gasteiger partial charge in [0.05, 0.1) is 34.2 Å². The first-order chi connectivity index (χ1) is 17.4. The fraction of sp³-hybridized carbons (Fsp3) is 0.217. The minimum Gasteiger partial charge on any atom is -0.384 e. The minimum absolute atomic E-state index is 0.0607. The van der Waals surface area contributed by atoms with Gasteiger partial charge in [0.25, 0.3) is 0 Å². The van der Waals surface area contributed by atoms with Gasteiger partial charge < -0.3 is 15.6 Å². The predicted molar refractivity (Wildman–Crippen MR) is 126 cm³/mol. The number of aromatic nitrogens is 7. The third-order valence-corrected chi connectivity index (χ3v) is 6.86. The Labute approximate surface area is 207 Å². The van der Waals surface area contributed by atoms with Gasteiger partial charge in [0, 0.05) is 17.7 Å². The largest absolute Gasteiger partial charge is 0.384 e. The molecule has 4 aromatic rings. The van der Waals surface area contributed by atoms with Crippen molar-refractivity contribution in [3.8, 4) is 16.9 Å². The molecule has 0 spiro atoms. The highest BCUT2D eigenvalue weighted by molar-refractivity contribution is 6.31. The zero-order chi connectivity index (χ0) is 25.0. The smallest absolute Gasteiger partial charge is 0.247 e. The molecule has 13 heteroatoms. The quantitative estimate of drug-likeness (QED) is 0.402. The summed E-state index contributed by atoms with van der Waals surface area (Å²) >= 11 is 6.08. The number of tetrazole rings is 1. The predicted octanol–water partition coefficient (Wildman–Crippen LogP) is 3.48. The van der Waals surface area contributed by atoms with E-state index in [-0.39, 0.29) is 40.0 Å². The van der Waals surface area contributed by atoms with Crippen LogP contribution in [-0.4, -0.2) is 52.0 Å². The number of imidazole rings is 1. The van der Waals surface area contributed by atoms with E-state index in [1.54, 1.807) is 11.0 Å². The van der Waals surface area contributed by atoms with E-state index in [9.17, 15) is 9.18 Å². The number of aromatic amines is 1. The fourth-order valence-electron chi connectivity index (χ4n) is 5.00. The number of fused-ring (bicyclic) bond motifs is 1. The van der Waals surface area contributed by atoms with Gasteiger partial charge in [-0.3, -0.25) is 4.79 Å². The van der Waals surface area contributed by atoms with Crippen LogP contribution in [0, 0.1) is 11.8 Å². The Balaban J connectivity index is 1.33. The van der Waals surface area contributed by atoms with Crippen molar-refractivity contribution in [2.45, 2.75) is 31.3 Å². The van der Waals surface area contributed by atoms with Crippen molar-refractivity contribution in [1.29, 1.82) is 0 Å². The van der Waals surface area contributed by atoms with E-state index in [2.05, 4.69) is 30.5 Å². The Hall–Kier alpha value is -4.19. The first-order valence-corrected chi connectivity index (χ1v) is 11.5. The molecule has 1 aromatic carbocycles. The lowest BCUT2D eigenvalue weighted by molar-refractivity contribution is -0.129. The molecule has 6 rings (SSSR count). The van der Waals surface area contributed by atoms with Crippen LogP contribution in [0.1, 0.15) is 36.7 Å². The number of carbonyl (C=O) groups is 1. The highest BCUT2D eigenvalue weighted by Gasteiger charge is 2.42. The first-order valence-electron chi connectivity index (χ1n) is 11.1. The average molecular weight is 510 g/mol. The fourth-order valence-corrected chi connectivity index (χ4v) is 5.15. The van der Waals surface area contributed by atoms with Crippen LogP contribution in [0.3, 0.4) is 0 Å². The number of hydrogen-bond donors (Lipinski definition) is 2. The number of H-pyrrole nitrogens is 1. The number of pyridine rings is 1. The molecule has 1 amide bonds. The monoisotopic (exact) mass is 509 g/mol. The topological polar surface area (TPSA) is 132 Å². The van der Waals surface area contributed by atoms with Crippen LogP contribution in [0.25, 0.3) is 22.5 Å². The van der Waals surface area contributed by atoms with Crippen LogP contribution >= 0.6 is 11.6 Å². The number of halogens is 3. The molecule has 2 aliphatic heterocycles. The van der Waals surface area contributed by atoms with Crippen LogP contribution in [0.2, 0.25) is 5.02 Å². The molecule has 2 atom stereocenters. The van der Waals surface area contributed by atoms with Crippen LogP contribution in [0.5, 0.6) is 0 Å². The average Bonchev–Trinajstić information content (AvgIpc) is 3.61. The first kappa shape index (κ1) is 22.3. The molecule has 36 heavy (non-hydrogen) atoms. The summed E-state index contributed by atoms with van der Waals surface area (Å²) in [5.74, 6) is -1.00. The lowest BCUT2D eigenvalue weighted by Gasteiger charge is -2.33. The summed E-state index contributed by atoms with van der Waals surface area (Å²) in [6, 6.07) is 5.56. The molecule has 1 unspecified atom stereocenters. The van der Waals surface area contributed by atoms with Gasteiger partial charge in [-0.25, -0.2) is 14.4 Å². The van der Waals surface area contributed by atoms with Crippen LogP contribution in [-0.2, 0) is 4.79 Å². The standard InChI is InChI=1S/C23H18ClF2N9O/c24-14-3-5-16(34-10-29-32-33-34)20(21(14)25)11-7-12-1-4-17(35(12)19(36)8-11)23-28-9-15(30-23)13-2-6-18(27)31-22(13)26/h2-3,5-6,8-10,12,17H,1,4,7H2,(H2,27,31)(H,28,30)/t12?,17-/m1/s1. The van der Waals surface area contributed by atoms with Crippen LogP contribution in [0.4, 0.5) is 14.6 Å². The molecule has 0 bridgehead atoms. The maximum absolute atomic E-state index is 15.2. The SMILES string of the molecule is Nc1ccc(-c2cnc([C@H]3CCC4CC(c5c(-n6cnnn6)ccc(Cl)c5F)=CC(=O)N43)[nH]2)c(F)n1. The molecule has 0 saturated carbocycles. The lowest BCUT2D eigenvalue weighted by atomic mass is 9.92. The van der Waals surface area contributed by atoms with Crippen molar-refractivity contribution >= 4 is 28.9 Å². The summed E-state index contributed by atoms with van der Waals surface area (Å²) in [6.45, 7) is 0. The lowest BCUT2D eigenvalue weighted by Crippen LogP contribution is -2.39. The van der Waals surface area contributed by atoms with Gasteiger partial charge in [0.1, 0.15) is 18.0 Å². The number of hydrogen-bond acceptors (Lipinski definition) is 7. The molecule has 1 saturated heterocycles. The van der Waals surface area contributed by atoms with E-state index < -0.39 is 11.8 Å². The molecular weight excluding hydrogens is 492 g/mol. The van der Waals surface area contributed by atoms with Crippen molar-refractivity contribution in [3.05, 3.63) is 71.0 Å². The van der Waals surface area contributed by atoms with Crippen LogP contribution < -0.4 is 5.73 Å². The van der Waals surface area contributed by atoms with Crippen molar-refractivity contribution in [3.63, 3.8) is 0 Å². The summed E-state index contributed by atoms with van der Waals surface area (Å²) < 4.78 is 30.9. The summed E-state index contributed by atoms with van der Waals surface area (Å²) in [6.07, 6.45) is 6.02. The molecular formula is C23H18ClF2N9O. The number of carbonyl (C=O) groups excluding carboxylic acids is 1. The van der Waals surface area contributed by atoms with Crippen molar-refractivity contribution in [1.82, 2.24) is 40.1 Å². The zero-order valence-corrected chi connectivity index (χ0v) is 19.3. The Morgan fingerprint density at radius 3 is 2.81 bits per heavy atom. The molecule has 10 nitrogen and oxygen atoms in total. The highest BCUT2D eigenvalue weighted by Crippen LogP contribution is 2.44. The van der Waals surface area contributed by atoms with Gasteiger partial charge >= 0.3 is 0 Å². The van der Waals surface area contributed by atoms with E-state index in [1.165, 1.54) is 41.5 Å². The number of benzene rings is 1. The number of amides is 1. The molecule has 3 N–H and O–H groups in total. The zero-order valence-electron chi connectivity index (χ0n) is 18.6. The van der Waals surface area contributed by atoms with E-state index in [0.29, 0.717) is 42.0 Å². The van der Waals surface area contributed by atoms with E-state index in [0.717, 1.165) is 0 Å². The third-order valence-electron chi connectivity index (χ3n) is 6.57. The Kier molecular flexibility index (Phi) is 5.25. The summed E-state index contributed by atoms with van der Waals surface area (Å²) in [5.41, 5.74) is 7.30. The second kappa shape index (κ2) is 8.48. The Morgan fingerprint density at radius 2 is 2.03 bits per heavy atom. The summed E-state index contributed by atoms with van der Waals surface area (Å²) in [7, 11) is 0. The summed E-state index contributed by atoms with van der Waals surface area (Å²) in [5, 5.41) is 11.0. The minimum atomic E-state index is -0.710. The maximum atomic E-state index is 15.2. The number of anilines is 1. The Bertz CT molecular complexity index is 1520. The highest BCUT2D eigenvalue weighted by atomic mass is 35.5. The molecule has 1 fully saturated rings. The number of nitrogens with zero attached hydrogens (tertiary/aromatic N) is 7. The molecule has 0 radical (unpaired) electrons. The van der Waals surface area contributed by atoms with Gasteiger partial charge in [-0.2, -0.15) is 9.07 Å². The van der Waals surface area contributed by atoms with Crippen LogP contribution in [0.15, 0.2) is 42.9 Å². The van der Waals surface area contributed by atoms with Gasteiger partial charge in [-0.1, -0.05) is 11.6 Å². The van der Waals surface area contributed by atoms with Crippen molar-refractivity contribution in [2.75, 3.05) is 5.73 Å². The summed E-state index contributed by atoms with van der Waals surface area (Å²) in [4.78, 5) is 26.3. The second-order valence-corrected chi connectivity index (χ2v) is 9.04. The number of rotatable bonds is 4. The molecule has 3 aromatic heterocycles. The molecule has 2 aliphatic rings. The molecule has 182 valence electrons. The van der Waals surface area contributed by atoms with Gasteiger partial charge in [-0.15, -0.1) is 5.10 Å². The normalized spacial score (nSPS) is 19.5. The van der Waals surface area contributed by atoms with Gasteiger partial charge in [0.2, 0.25) is 11.9 Å². The Morgan fingerprint density at radius 1 is 1.17 bits per heavy atom. The van der Waals surface area contributed by atoms with E-state index in [4.69, 9.17) is 17.3 Å². The maximum Gasteiger partial charge on any atom is 0.247 e. The molecule has 5 heterocycles. The van der Waals surface area contributed by atoms with Gasteiger partial charge in [0.15, 0.2) is 5.82 Å². The number of nitrogen functional groups attached to an aromatic ring is 1.